The monoisotopic (exact) mass is 428 g/mol. The van der Waals surface area contributed by atoms with E-state index >= 15 is 0 Å². The summed E-state index contributed by atoms with van der Waals surface area (Å²) in [6.45, 7) is 4.26. The molecule has 1 aromatic heterocycles. The van der Waals surface area contributed by atoms with Crippen LogP contribution in [0.15, 0.2) is 30.3 Å². The van der Waals surface area contributed by atoms with E-state index in [4.69, 9.17) is 0 Å². The molecule has 5 N–H and O–H groups in total. The first-order chi connectivity index (χ1) is 14.7. The van der Waals surface area contributed by atoms with Gasteiger partial charge in [0.2, 0.25) is 17.7 Å². The summed E-state index contributed by atoms with van der Waals surface area (Å²) >= 11 is 0. The molecule has 1 saturated heterocycles. The maximum absolute atomic E-state index is 12.9. The molecular weight excluding hydrogens is 400 g/mol. The molecule has 1 aliphatic rings. The van der Waals surface area contributed by atoms with Crippen molar-refractivity contribution in [2.75, 3.05) is 11.9 Å². The van der Waals surface area contributed by atoms with Gasteiger partial charge in [-0.05, 0) is 37.3 Å². The smallest absolute Gasteiger partial charge is 0.326 e. The average molecular weight is 428 g/mol. The third-order valence-electron chi connectivity index (χ3n) is 5.43. The molecule has 0 bridgehead atoms. The van der Waals surface area contributed by atoms with Crippen LogP contribution in [0.5, 0.6) is 0 Å². The molecule has 3 atom stereocenters. The highest BCUT2D eigenvalue weighted by atomic mass is 16.4. The summed E-state index contributed by atoms with van der Waals surface area (Å²) in [7, 11) is 0. The minimum absolute atomic E-state index is 0.00899. The summed E-state index contributed by atoms with van der Waals surface area (Å²) < 4.78 is 0. The number of amides is 3. The second-order valence-electron chi connectivity index (χ2n) is 8.35. The fourth-order valence-electron chi connectivity index (χ4n) is 3.81. The number of rotatable bonds is 9. The van der Waals surface area contributed by atoms with Gasteiger partial charge in [0.05, 0.1) is 0 Å². The van der Waals surface area contributed by atoms with Crippen LogP contribution >= 0.6 is 0 Å². The van der Waals surface area contributed by atoms with Crippen molar-refractivity contribution in [1.82, 2.24) is 15.6 Å². The molecule has 0 spiro atoms. The van der Waals surface area contributed by atoms with Gasteiger partial charge in [0.15, 0.2) is 0 Å². The van der Waals surface area contributed by atoms with E-state index in [0.717, 1.165) is 10.9 Å². The summed E-state index contributed by atoms with van der Waals surface area (Å²) in [5.74, 6) is -3.65. The summed E-state index contributed by atoms with van der Waals surface area (Å²) in [6, 6.07) is 8.06. The number of carboxylic acids is 1. The Morgan fingerprint density at radius 3 is 2.55 bits per heavy atom. The Balaban J connectivity index is 1.71. The predicted octanol–water partition coefficient (Wildman–Crippen LogP) is 1.86. The van der Waals surface area contributed by atoms with Gasteiger partial charge in [-0.3, -0.25) is 14.4 Å². The first-order valence-corrected chi connectivity index (χ1v) is 10.4. The highest BCUT2D eigenvalue weighted by Gasteiger charge is 2.34. The molecule has 2 heterocycles. The van der Waals surface area contributed by atoms with Crippen molar-refractivity contribution < 1.29 is 24.3 Å². The number of para-hydroxylation sites is 1. The summed E-state index contributed by atoms with van der Waals surface area (Å²) in [5.41, 5.74) is 0.850. The van der Waals surface area contributed by atoms with Gasteiger partial charge in [0, 0.05) is 23.4 Å². The van der Waals surface area contributed by atoms with E-state index in [9.17, 15) is 24.3 Å². The fourth-order valence-corrected chi connectivity index (χ4v) is 3.81. The number of nitrogens with one attached hydrogen (secondary N) is 4. The van der Waals surface area contributed by atoms with Crippen molar-refractivity contribution in [3.63, 3.8) is 0 Å². The van der Waals surface area contributed by atoms with Gasteiger partial charge in [-0.1, -0.05) is 32.0 Å². The molecule has 1 aromatic carbocycles. The second-order valence-corrected chi connectivity index (χ2v) is 8.35. The average Bonchev–Trinajstić information content (AvgIpc) is 3.30. The number of hydrogen-bond donors (Lipinski definition) is 5. The normalized spacial score (nSPS) is 17.9. The van der Waals surface area contributed by atoms with E-state index in [1.54, 1.807) is 6.07 Å². The summed E-state index contributed by atoms with van der Waals surface area (Å²) in [4.78, 5) is 52.4. The van der Waals surface area contributed by atoms with E-state index in [1.165, 1.54) is 0 Å². The zero-order chi connectivity index (χ0) is 22.5. The van der Waals surface area contributed by atoms with Crippen molar-refractivity contribution in [3.05, 3.63) is 30.3 Å². The Morgan fingerprint density at radius 1 is 1.19 bits per heavy atom. The SMILES string of the molecule is CC(C)C[C@H](C(=O)Nc1cc2ccccc2[nH]1)C(=O)N[C@@H](C[C@@H]1CCNC1=O)C(=O)O. The Morgan fingerprint density at radius 2 is 1.94 bits per heavy atom. The Hall–Kier alpha value is -3.36. The molecule has 1 fully saturated rings. The van der Waals surface area contributed by atoms with Crippen molar-refractivity contribution in [1.29, 1.82) is 0 Å². The van der Waals surface area contributed by atoms with Crippen LogP contribution < -0.4 is 16.0 Å². The van der Waals surface area contributed by atoms with Gasteiger partial charge in [0.25, 0.3) is 0 Å². The van der Waals surface area contributed by atoms with Crippen LogP contribution in [0.1, 0.15) is 33.1 Å². The molecule has 3 amide bonds. The minimum atomic E-state index is -1.24. The number of carbonyl (C=O) groups excluding carboxylic acids is 3. The third-order valence-corrected chi connectivity index (χ3v) is 5.43. The van der Waals surface area contributed by atoms with Crippen molar-refractivity contribution in [2.24, 2.45) is 17.8 Å². The molecule has 3 rings (SSSR count). The topological polar surface area (TPSA) is 140 Å². The second kappa shape index (κ2) is 9.63. The highest BCUT2D eigenvalue weighted by molar-refractivity contribution is 6.07. The van der Waals surface area contributed by atoms with Crippen LogP contribution in [0.3, 0.4) is 0 Å². The molecule has 0 unspecified atom stereocenters. The lowest BCUT2D eigenvalue weighted by molar-refractivity contribution is -0.144. The number of aliphatic carboxylic acids is 1. The molecule has 9 heteroatoms. The van der Waals surface area contributed by atoms with Crippen molar-refractivity contribution in [2.45, 2.75) is 39.2 Å². The Labute approximate surface area is 180 Å². The van der Waals surface area contributed by atoms with Crippen molar-refractivity contribution in [3.8, 4) is 0 Å². The molecule has 9 nitrogen and oxygen atoms in total. The fraction of sp³-hybridized carbons (Fsp3) is 0.455. The van der Waals surface area contributed by atoms with Crippen LogP contribution in [0, 0.1) is 17.8 Å². The van der Waals surface area contributed by atoms with E-state index in [2.05, 4.69) is 20.9 Å². The van der Waals surface area contributed by atoms with Gasteiger partial charge >= 0.3 is 5.97 Å². The maximum atomic E-state index is 12.9. The molecule has 2 aromatic rings. The third kappa shape index (κ3) is 5.62. The number of H-pyrrole nitrogens is 1. The highest BCUT2D eigenvalue weighted by Crippen LogP contribution is 2.21. The molecule has 166 valence electrons. The molecule has 1 aliphatic heterocycles. The van der Waals surface area contributed by atoms with Gasteiger partial charge in [-0.2, -0.15) is 0 Å². The minimum Gasteiger partial charge on any atom is -0.480 e. The van der Waals surface area contributed by atoms with E-state index < -0.39 is 35.7 Å². The molecule has 0 aliphatic carbocycles. The van der Waals surface area contributed by atoms with Crippen LogP contribution in [-0.4, -0.2) is 46.4 Å². The van der Waals surface area contributed by atoms with Crippen LogP contribution in [-0.2, 0) is 19.2 Å². The number of carbonyl (C=O) groups is 4. The number of hydrogen-bond acceptors (Lipinski definition) is 4. The summed E-state index contributed by atoms with van der Waals surface area (Å²) in [5, 5.41) is 18.3. The lowest BCUT2D eigenvalue weighted by atomic mass is 9.93. The molecule has 31 heavy (non-hydrogen) atoms. The lowest BCUT2D eigenvalue weighted by Gasteiger charge is -2.22. The van der Waals surface area contributed by atoms with Crippen LogP contribution in [0.2, 0.25) is 0 Å². The number of benzene rings is 1. The number of carboxylic acid groups (broad SMARTS) is 1. The van der Waals surface area contributed by atoms with Gasteiger partial charge in [-0.25, -0.2) is 4.79 Å². The standard InChI is InChI=1S/C22H28N4O5/c1-12(2)9-15(21(29)26-18-11-13-5-3-4-6-16(13)24-18)20(28)25-17(22(30)31)10-14-7-8-23-19(14)27/h3-6,11-12,14-15,17,24H,7-10H2,1-2H3,(H,23,27)(H,25,28)(H,26,29)(H,30,31)/t14-,15-,17-/m0/s1. The first kappa shape index (κ1) is 22.3. The molecular formula is C22H28N4O5. The van der Waals surface area contributed by atoms with Crippen LogP contribution in [0.25, 0.3) is 10.9 Å². The van der Waals surface area contributed by atoms with E-state index in [0.29, 0.717) is 18.8 Å². The number of fused-ring (bicyclic) bond motifs is 1. The largest absolute Gasteiger partial charge is 0.480 e. The van der Waals surface area contributed by atoms with Gasteiger partial charge in [-0.15, -0.1) is 0 Å². The Kier molecular flexibility index (Phi) is 6.94. The van der Waals surface area contributed by atoms with Gasteiger partial charge in [0.1, 0.15) is 17.8 Å². The maximum Gasteiger partial charge on any atom is 0.326 e. The number of aromatic amines is 1. The molecule has 0 saturated carbocycles. The van der Waals surface area contributed by atoms with Crippen molar-refractivity contribution >= 4 is 40.4 Å². The summed E-state index contributed by atoms with van der Waals surface area (Å²) in [6.07, 6.45) is 0.772. The van der Waals surface area contributed by atoms with E-state index in [-0.39, 0.29) is 24.7 Å². The zero-order valence-corrected chi connectivity index (χ0v) is 17.6. The zero-order valence-electron chi connectivity index (χ0n) is 17.6. The lowest BCUT2D eigenvalue weighted by Crippen LogP contribution is -2.48. The number of anilines is 1. The quantitative estimate of drug-likeness (QED) is 0.388. The van der Waals surface area contributed by atoms with E-state index in [1.807, 2.05) is 38.1 Å². The van der Waals surface area contributed by atoms with Gasteiger partial charge < -0.3 is 26.0 Å². The first-order valence-electron chi connectivity index (χ1n) is 10.4. The number of aromatic nitrogens is 1. The molecule has 0 radical (unpaired) electrons. The predicted molar refractivity (Wildman–Crippen MR) is 115 cm³/mol. The van der Waals surface area contributed by atoms with Crippen LogP contribution in [0.4, 0.5) is 5.82 Å². The Bertz CT molecular complexity index is 950.